The average Bonchev–Trinajstić information content (AvgIpc) is 2.93. The number of nitriles is 1. The highest BCUT2D eigenvalue weighted by Crippen LogP contribution is 2.28. The Hall–Kier alpha value is -3.47. The molecule has 0 unspecified atom stereocenters. The molecule has 4 aromatic carbocycles. The number of hydrogen-bond acceptors (Lipinski definition) is 4. The topological polar surface area (TPSA) is 71.3 Å². The van der Waals surface area contributed by atoms with E-state index in [9.17, 15) is 10.1 Å². The normalized spacial score (nSPS) is 11.0. The van der Waals surface area contributed by atoms with E-state index in [4.69, 9.17) is 44.3 Å². The Morgan fingerprint density at radius 2 is 1.54 bits per heavy atom. The number of ether oxygens (including phenoxy) is 2. The molecule has 5 nitrogen and oxygen atoms in total. The molecule has 0 saturated heterocycles. The Kier molecular flexibility index (Phi) is 9.91. The number of nitrogens with one attached hydrogen (secondary N) is 1. The molecule has 0 atom stereocenters. The number of amides is 1. The summed E-state index contributed by atoms with van der Waals surface area (Å²) in [4.78, 5) is 12.9. The molecular weight excluding hydrogens is 623 g/mol. The van der Waals surface area contributed by atoms with Crippen molar-refractivity contribution in [1.82, 2.24) is 0 Å². The molecule has 0 aromatic heterocycles. The van der Waals surface area contributed by atoms with Crippen LogP contribution in [0.25, 0.3) is 6.08 Å². The van der Waals surface area contributed by atoms with E-state index in [-0.39, 0.29) is 12.2 Å². The van der Waals surface area contributed by atoms with Crippen molar-refractivity contribution >= 4 is 68.4 Å². The van der Waals surface area contributed by atoms with Crippen molar-refractivity contribution in [3.63, 3.8) is 0 Å². The summed E-state index contributed by atoms with van der Waals surface area (Å²) in [5, 5.41) is 13.7. The Morgan fingerprint density at radius 3 is 2.23 bits per heavy atom. The maximum atomic E-state index is 12.9. The first-order valence-corrected chi connectivity index (χ1v) is 13.5. The van der Waals surface area contributed by atoms with Crippen molar-refractivity contribution in [2.24, 2.45) is 0 Å². The fourth-order valence-corrected chi connectivity index (χ4v) is 4.20. The van der Waals surface area contributed by atoms with Crippen LogP contribution < -0.4 is 14.8 Å². The fraction of sp³-hybridized carbons (Fsp3) is 0.0667. The summed E-state index contributed by atoms with van der Waals surface area (Å²) in [6.45, 7) is 0.610. The van der Waals surface area contributed by atoms with Gasteiger partial charge in [0.05, 0.1) is 10.0 Å². The summed E-state index contributed by atoms with van der Waals surface area (Å²) >= 11 is 21.7. The molecule has 0 saturated carbocycles. The first kappa shape index (κ1) is 28.5. The molecule has 1 N–H and O–H groups in total. The van der Waals surface area contributed by atoms with Gasteiger partial charge >= 0.3 is 0 Å². The lowest BCUT2D eigenvalue weighted by Gasteiger charge is -2.11. The molecule has 0 fully saturated rings. The number of carbonyl (C=O) groups excluding carboxylic acids is 1. The minimum absolute atomic E-state index is 0.118. The number of benzene rings is 4. The summed E-state index contributed by atoms with van der Waals surface area (Å²) in [6, 6.07) is 26.8. The van der Waals surface area contributed by atoms with E-state index in [1.807, 2.05) is 30.3 Å². The predicted octanol–water partition coefficient (Wildman–Crippen LogP) is 9.11. The second-order valence-corrected chi connectivity index (χ2v) is 10.4. The van der Waals surface area contributed by atoms with E-state index in [0.717, 1.165) is 15.6 Å². The SMILES string of the molecule is N#C/C(=C\c1cc(Cl)ccc1OCc1ccc(Cl)c(Cl)c1)C(=O)Nc1ccc(OCc2ccc(Br)cc2)cc1. The van der Waals surface area contributed by atoms with E-state index >= 15 is 0 Å². The van der Waals surface area contributed by atoms with Gasteiger partial charge < -0.3 is 14.8 Å². The van der Waals surface area contributed by atoms with Gasteiger partial charge in [-0.25, -0.2) is 0 Å². The van der Waals surface area contributed by atoms with Crippen LogP contribution in [0, 0.1) is 11.3 Å². The van der Waals surface area contributed by atoms with Crippen LogP contribution >= 0.6 is 50.7 Å². The Balaban J connectivity index is 1.42. The first-order valence-electron chi connectivity index (χ1n) is 11.6. The molecular formula is C30H20BrCl3N2O3. The largest absolute Gasteiger partial charge is 0.489 e. The van der Waals surface area contributed by atoms with Gasteiger partial charge in [0.2, 0.25) is 0 Å². The van der Waals surface area contributed by atoms with Crippen LogP contribution in [-0.2, 0) is 18.0 Å². The molecule has 4 aromatic rings. The third-order valence-electron chi connectivity index (χ3n) is 5.45. The second-order valence-electron chi connectivity index (χ2n) is 8.28. The first-order chi connectivity index (χ1) is 18.8. The monoisotopic (exact) mass is 640 g/mol. The quantitative estimate of drug-likeness (QED) is 0.146. The van der Waals surface area contributed by atoms with Gasteiger partial charge in [0.1, 0.15) is 36.4 Å². The molecule has 0 heterocycles. The van der Waals surface area contributed by atoms with Gasteiger partial charge in [-0.3, -0.25) is 4.79 Å². The van der Waals surface area contributed by atoms with Crippen molar-refractivity contribution in [3.8, 4) is 17.6 Å². The third-order valence-corrected chi connectivity index (χ3v) is 6.95. The van der Waals surface area contributed by atoms with Gasteiger partial charge in [-0.15, -0.1) is 0 Å². The molecule has 4 rings (SSSR count). The molecule has 39 heavy (non-hydrogen) atoms. The van der Waals surface area contributed by atoms with E-state index in [2.05, 4.69) is 21.2 Å². The highest BCUT2D eigenvalue weighted by Gasteiger charge is 2.13. The van der Waals surface area contributed by atoms with E-state index in [1.54, 1.807) is 60.7 Å². The Labute approximate surface area is 249 Å². The second kappa shape index (κ2) is 13.5. The van der Waals surface area contributed by atoms with Gasteiger partial charge in [0.15, 0.2) is 0 Å². The molecule has 9 heteroatoms. The number of nitrogens with zero attached hydrogens (tertiary/aromatic N) is 1. The molecule has 0 spiro atoms. The van der Waals surface area contributed by atoms with E-state index < -0.39 is 5.91 Å². The van der Waals surface area contributed by atoms with Crippen molar-refractivity contribution in [2.45, 2.75) is 13.2 Å². The number of carbonyl (C=O) groups is 1. The van der Waals surface area contributed by atoms with Crippen LogP contribution in [0.1, 0.15) is 16.7 Å². The zero-order chi connectivity index (χ0) is 27.8. The summed E-state index contributed by atoms with van der Waals surface area (Å²) in [5.74, 6) is 0.518. The van der Waals surface area contributed by atoms with Crippen LogP contribution in [0.15, 0.2) is 95.0 Å². The molecule has 0 radical (unpaired) electrons. The molecule has 0 aliphatic heterocycles. The molecule has 0 aliphatic carbocycles. The van der Waals surface area contributed by atoms with Gasteiger partial charge in [-0.05, 0) is 83.9 Å². The lowest BCUT2D eigenvalue weighted by Crippen LogP contribution is -2.13. The number of rotatable bonds is 9. The number of halogens is 4. The van der Waals surface area contributed by atoms with Crippen molar-refractivity contribution in [3.05, 3.63) is 127 Å². The van der Waals surface area contributed by atoms with Crippen LogP contribution in [0.2, 0.25) is 15.1 Å². The predicted molar refractivity (Wildman–Crippen MR) is 159 cm³/mol. The molecule has 0 aliphatic rings. The zero-order valence-electron chi connectivity index (χ0n) is 20.3. The minimum atomic E-state index is -0.573. The zero-order valence-corrected chi connectivity index (χ0v) is 24.1. The van der Waals surface area contributed by atoms with E-state index in [1.165, 1.54) is 6.08 Å². The molecule has 1 amide bonds. The van der Waals surface area contributed by atoms with Gasteiger partial charge in [-0.2, -0.15) is 5.26 Å². The number of anilines is 1. The minimum Gasteiger partial charge on any atom is -0.489 e. The summed E-state index contributed by atoms with van der Waals surface area (Å²) in [7, 11) is 0. The van der Waals surface area contributed by atoms with Crippen LogP contribution in [0.5, 0.6) is 11.5 Å². The van der Waals surface area contributed by atoms with Gasteiger partial charge in [0.25, 0.3) is 5.91 Å². The Bertz CT molecular complexity index is 1550. The standard InChI is InChI=1S/C30H20BrCl3N2O3/c31-23-4-1-19(2-5-23)17-38-26-9-7-25(8-10-26)36-30(37)22(16-35)14-21-15-24(32)6-12-29(21)39-18-20-3-11-27(33)28(34)13-20/h1-15H,17-18H2,(H,36,37)/b22-14+. The highest BCUT2D eigenvalue weighted by molar-refractivity contribution is 9.10. The average molecular weight is 643 g/mol. The van der Waals surface area contributed by atoms with Crippen LogP contribution in [0.3, 0.4) is 0 Å². The third kappa shape index (κ3) is 8.26. The fourth-order valence-electron chi connectivity index (χ4n) is 3.44. The van der Waals surface area contributed by atoms with Crippen molar-refractivity contribution < 1.29 is 14.3 Å². The van der Waals surface area contributed by atoms with Crippen molar-refractivity contribution in [1.29, 1.82) is 5.26 Å². The molecule has 196 valence electrons. The smallest absolute Gasteiger partial charge is 0.266 e. The van der Waals surface area contributed by atoms with Gasteiger partial charge in [-0.1, -0.05) is 68.9 Å². The summed E-state index contributed by atoms with van der Waals surface area (Å²) < 4.78 is 12.7. The van der Waals surface area contributed by atoms with Crippen molar-refractivity contribution in [2.75, 3.05) is 5.32 Å². The Morgan fingerprint density at radius 1 is 0.846 bits per heavy atom. The molecule has 0 bridgehead atoms. The summed E-state index contributed by atoms with van der Waals surface area (Å²) in [6.07, 6.45) is 1.43. The van der Waals surface area contributed by atoms with Crippen LogP contribution in [0.4, 0.5) is 5.69 Å². The number of hydrogen-bond donors (Lipinski definition) is 1. The summed E-state index contributed by atoms with van der Waals surface area (Å²) in [5.41, 5.74) is 2.70. The highest BCUT2D eigenvalue weighted by atomic mass is 79.9. The van der Waals surface area contributed by atoms with E-state index in [0.29, 0.717) is 44.4 Å². The lowest BCUT2D eigenvalue weighted by molar-refractivity contribution is -0.112. The maximum Gasteiger partial charge on any atom is 0.266 e. The maximum absolute atomic E-state index is 12.9. The van der Waals surface area contributed by atoms with Crippen LogP contribution in [-0.4, -0.2) is 5.91 Å². The lowest BCUT2D eigenvalue weighted by atomic mass is 10.1. The van der Waals surface area contributed by atoms with Gasteiger partial charge in [0, 0.05) is 20.7 Å².